The zero-order chi connectivity index (χ0) is 18.5. The SMILES string of the molecule is CC[C@@H]1C[C@H]2[C@@H]3CCC4=C(CCC(=O)C4)C3=CC[C@]2(CC)[C@H]1OC(C)=O. The van der Waals surface area contributed by atoms with E-state index in [1.807, 2.05) is 0 Å². The maximum Gasteiger partial charge on any atom is 0.302 e. The lowest BCUT2D eigenvalue weighted by molar-refractivity contribution is -0.157. The molecular formula is C23H32O3. The summed E-state index contributed by atoms with van der Waals surface area (Å²) in [5.41, 5.74) is 4.62. The van der Waals surface area contributed by atoms with Crippen LogP contribution in [0.25, 0.3) is 0 Å². The largest absolute Gasteiger partial charge is 0.462 e. The Bertz CT molecular complexity index is 686. The van der Waals surface area contributed by atoms with Gasteiger partial charge in [-0.3, -0.25) is 9.59 Å². The van der Waals surface area contributed by atoms with Gasteiger partial charge in [-0.05, 0) is 73.8 Å². The van der Waals surface area contributed by atoms with E-state index >= 15 is 0 Å². The van der Waals surface area contributed by atoms with E-state index in [4.69, 9.17) is 4.74 Å². The van der Waals surface area contributed by atoms with Crippen molar-refractivity contribution in [3.8, 4) is 0 Å². The molecule has 1 saturated carbocycles. The summed E-state index contributed by atoms with van der Waals surface area (Å²) in [5.74, 6) is 2.00. The Morgan fingerprint density at radius 1 is 1.27 bits per heavy atom. The first kappa shape index (κ1) is 18.0. The number of carbonyl (C=O) groups excluding carboxylic acids is 2. The molecular weight excluding hydrogens is 324 g/mol. The third-order valence-electron chi connectivity index (χ3n) is 7.95. The molecule has 0 bridgehead atoms. The van der Waals surface area contributed by atoms with E-state index < -0.39 is 0 Å². The molecule has 5 atom stereocenters. The Morgan fingerprint density at radius 3 is 2.77 bits per heavy atom. The van der Waals surface area contributed by atoms with Crippen molar-refractivity contribution in [2.45, 2.75) is 84.7 Å². The molecule has 4 aliphatic carbocycles. The van der Waals surface area contributed by atoms with E-state index in [2.05, 4.69) is 19.9 Å². The summed E-state index contributed by atoms with van der Waals surface area (Å²) in [6, 6.07) is 0. The van der Waals surface area contributed by atoms with Crippen molar-refractivity contribution in [3.05, 3.63) is 22.8 Å². The molecule has 0 aliphatic heterocycles. The average molecular weight is 357 g/mol. The van der Waals surface area contributed by atoms with E-state index in [0.717, 1.165) is 38.5 Å². The van der Waals surface area contributed by atoms with Crippen LogP contribution in [0.3, 0.4) is 0 Å². The van der Waals surface area contributed by atoms with Crippen LogP contribution >= 0.6 is 0 Å². The van der Waals surface area contributed by atoms with E-state index in [9.17, 15) is 9.59 Å². The molecule has 4 aliphatic rings. The summed E-state index contributed by atoms with van der Waals surface area (Å²) >= 11 is 0. The fourth-order valence-electron chi connectivity index (χ4n) is 6.74. The smallest absolute Gasteiger partial charge is 0.302 e. The maximum absolute atomic E-state index is 11.9. The van der Waals surface area contributed by atoms with Gasteiger partial charge in [0.15, 0.2) is 0 Å². The fourth-order valence-corrected chi connectivity index (χ4v) is 6.74. The lowest BCUT2D eigenvalue weighted by Gasteiger charge is -2.48. The lowest BCUT2D eigenvalue weighted by Crippen LogP contribution is -2.45. The van der Waals surface area contributed by atoms with Gasteiger partial charge in [0.2, 0.25) is 0 Å². The van der Waals surface area contributed by atoms with Crippen molar-refractivity contribution >= 4 is 11.8 Å². The summed E-state index contributed by atoms with van der Waals surface area (Å²) in [6.45, 7) is 6.09. The van der Waals surface area contributed by atoms with Gasteiger partial charge in [-0.1, -0.05) is 25.5 Å². The number of fused-ring (bicyclic) bond motifs is 4. The van der Waals surface area contributed by atoms with Gasteiger partial charge in [-0.2, -0.15) is 0 Å². The van der Waals surface area contributed by atoms with Gasteiger partial charge in [0.25, 0.3) is 0 Å². The monoisotopic (exact) mass is 356 g/mol. The second-order valence-electron chi connectivity index (χ2n) is 8.93. The molecule has 4 rings (SSSR count). The summed E-state index contributed by atoms with van der Waals surface area (Å²) in [5, 5.41) is 0. The normalized spacial score (nSPS) is 39.0. The van der Waals surface area contributed by atoms with Crippen molar-refractivity contribution in [2.24, 2.45) is 23.2 Å². The minimum absolute atomic E-state index is 0.0705. The number of ketones is 1. The Morgan fingerprint density at radius 2 is 2.08 bits per heavy atom. The molecule has 3 heteroatoms. The summed E-state index contributed by atoms with van der Waals surface area (Å²) < 4.78 is 5.95. The van der Waals surface area contributed by atoms with E-state index in [1.54, 1.807) is 12.5 Å². The predicted molar refractivity (Wildman–Crippen MR) is 101 cm³/mol. The molecule has 0 amide bonds. The van der Waals surface area contributed by atoms with Gasteiger partial charge in [0, 0.05) is 25.2 Å². The number of hydrogen-bond acceptors (Lipinski definition) is 3. The molecule has 0 aromatic carbocycles. The number of rotatable bonds is 3. The van der Waals surface area contributed by atoms with Crippen LogP contribution in [0.4, 0.5) is 0 Å². The van der Waals surface area contributed by atoms with Gasteiger partial charge < -0.3 is 4.74 Å². The molecule has 0 aromatic heterocycles. The van der Waals surface area contributed by atoms with Gasteiger partial charge in [0.1, 0.15) is 11.9 Å². The highest BCUT2D eigenvalue weighted by atomic mass is 16.5. The lowest BCUT2D eigenvalue weighted by atomic mass is 9.57. The van der Waals surface area contributed by atoms with Crippen LogP contribution in [0.1, 0.15) is 78.6 Å². The van der Waals surface area contributed by atoms with Crippen LogP contribution < -0.4 is 0 Å². The van der Waals surface area contributed by atoms with Gasteiger partial charge >= 0.3 is 5.97 Å². The first-order valence-corrected chi connectivity index (χ1v) is 10.6. The molecule has 0 saturated heterocycles. The van der Waals surface area contributed by atoms with Crippen LogP contribution in [-0.2, 0) is 14.3 Å². The first-order chi connectivity index (χ1) is 12.5. The average Bonchev–Trinajstić information content (AvgIpc) is 2.94. The quantitative estimate of drug-likeness (QED) is 0.657. The van der Waals surface area contributed by atoms with Crippen molar-refractivity contribution in [2.75, 3.05) is 0 Å². The Hall–Kier alpha value is -1.38. The number of hydrogen-bond donors (Lipinski definition) is 0. The molecule has 0 spiro atoms. The zero-order valence-corrected chi connectivity index (χ0v) is 16.5. The highest BCUT2D eigenvalue weighted by molar-refractivity contribution is 5.83. The molecule has 3 nitrogen and oxygen atoms in total. The number of allylic oxidation sites excluding steroid dienone is 4. The molecule has 0 N–H and O–H groups in total. The molecule has 1 fully saturated rings. The third-order valence-corrected chi connectivity index (χ3v) is 7.95. The second-order valence-corrected chi connectivity index (χ2v) is 8.93. The Kier molecular flexibility index (Phi) is 4.61. The summed E-state index contributed by atoms with van der Waals surface area (Å²) in [6.07, 6.45) is 11.6. The summed E-state index contributed by atoms with van der Waals surface area (Å²) in [4.78, 5) is 23.7. The number of ether oxygens (including phenoxy) is 1. The van der Waals surface area contributed by atoms with Gasteiger partial charge in [-0.25, -0.2) is 0 Å². The minimum Gasteiger partial charge on any atom is -0.462 e. The van der Waals surface area contributed by atoms with E-state index in [0.29, 0.717) is 30.0 Å². The number of carbonyl (C=O) groups is 2. The minimum atomic E-state index is -0.129. The standard InChI is InChI=1S/C23H32O3/c1-4-15-13-21-20-8-6-16-12-17(25)7-9-18(16)19(20)10-11-23(21,5-2)22(15)26-14(3)24/h10,15,20-22H,4-9,11-13H2,1-3H3/t15-,20-,21+,22+,23+/m1/s1. The third kappa shape index (κ3) is 2.61. The Balaban J connectivity index is 1.71. The number of Topliss-reactive ketones (excluding diaryl/α,β-unsaturated/α-hetero) is 1. The van der Waals surface area contributed by atoms with Gasteiger partial charge in [-0.15, -0.1) is 0 Å². The Labute approximate surface area is 157 Å². The molecule has 0 aromatic rings. The molecule has 0 heterocycles. The molecule has 0 radical (unpaired) electrons. The fraction of sp³-hybridized carbons (Fsp3) is 0.739. The molecule has 26 heavy (non-hydrogen) atoms. The van der Waals surface area contributed by atoms with Gasteiger partial charge in [0.05, 0.1) is 0 Å². The predicted octanol–water partition coefficient (Wildman–Crippen LogP) is 5.15. The van der Waals surface area contributed by atoms with Crippen LogP contribution in [0.5, 0.6) is 0 Å². The van der Waals surface area contributed by atoms with Crippen LogP contribution in [0.2, 0.25) is 0 Å². The van der Waals surface area contributed by atoms with E-state index in [1.165, 1.54) is 24.0 Å². The zero-order valence-electron chi connectivity index (χ0n) is 16.5. The van der Waals surface area contributed by atoms with Crippen LogP contribution in [-0.4, -0.2) is 17.9 Å². The van der Waals surface area contributed by atoms with Crippen molar-refractivity contribution < 1.29 is 14.3 Å². The van der Waals surface area contributed by atoms with E-state index in [-0.39, 0.29) is 17.5 Å². The maximum atomic E-state index is 11.9. The summed E-state index contributed by atoms with van der Waals surface area (Å²) in [7, 11) is 0. The second kappa shape index (κ2) is 6.65. The topological polar surface area (TPSA) is 43.4 Å². The molecule has 142 valence electrons. The van der Waals surface area contributed by atoms with Crippen molar-refractivity contribution in [3.63, 3.8) is 0 Å². The van der Waals surface area contributed by atoms with Crippen molar-refractivity contribution in [1.82, 2.24) is 0 Å². The number of esters is 1. The highest BCUT2D eigenvalue weighted by Crippen LogP contribution is 2.63. The van der Waals surface area contributed by atoms with Crippen LogP contribution in [0, 0.1) is 23.2 Å². The van der Waals surface area contributed by atoms with Crippen LogP contribution in [0.15, 0.2) is 22.8 Å². The highest BCUT2D eigenvalue weighted by Gasteiger charge is 2.59. The first-order valence-electron chi connectivity index (χ1n) is 10.6. The molecule has 0 unspecified atom stereocenters. The van der Waals surface area contributed by atoms with Crippen molar-refractivity contribution in [1.29, 1.82) is 0 Å².